The van der Waals surface area contributed by atoms with Crippen LogP contribution in [0.15, 0.2) is 23.4 Å². The molecule has 1 aromatic carbocycles. The molecule has 1 amide bonds. The van der Waals surface area contributed by atoms with Crippen molar-refractivity contribution in [3.8, 4) is 0 Å². The van der Waals surface area contributed by atoms with Gasteiger partial charge in [0.1, 0.15) is 22.7 Å². The highest BCUT2D eigenvalue weighted by Gasteiger charge is 2.40. The molecule has 0 radical (unpaired) electrons. The molecule has 0 atom stereocenters. The number of nitrogens with zero attached hydrogens (tertiary/aromatic N) is 1. The van der Waals surface area contributed by atoms with E-state index in [0.717, 1.165) is 12.1 Å². The van der Waals surface area contributed by atoms with Gasteiger partial charge < -0.3 is 16.3 Å². The van der Waals surface area contributed by atoms with Gasteiger partial charge in [-0.2, -0.15) is 0 Å². The zero-order chi connectivity index (χ0) is 15.3. The van der Waals surface area contributed by atoms with Crippen molar-refractivity contribution in [2.45, 2.75) is 26.7 Å². The van der Waals surface area contributed by atoms with Gasteiger partial charge in [0.15, 0.2) is 5.84 Å². The Morgan fingerprint density at radius 2 is 1.85 bits per heavy atom. The van der Waals surface area contributed by atoms with Crippen LogP contribution in [0.25, 0.3) is 0 Å². The molecule has 4 N–H and O–H groups in total. The average Bonchev–Trinajstić information content (AvgIpc) is 2.44. The van der Waals surface area contributed by atoms with Crippen LogP contribution in [0, 0.1) is 17.0 Å². The molecule has 5 nitrogen and oxygen atoms in total. The maximum Gasteiger partial charge on any atom is 0.238 e. The van der Waals surface area contributed by atoms with E-state index in [4.69, 9.17) is 10.9 Å². The van der Waals surface area contributed by atoms with E-state index in [0.29, 0.717) is 0 Å². The number of carbonyl (C=O) groups excluding carboxylic acids is 1. The van der Waals surface area contributed by atoms with Gasteiger partial charge in [-0.05, 0) is 25.0 Å². The number of carbonyl (C=O) groups is 1. The van der Waals surface area contributed by atoms with E-state index < -0.39 is 28.6 Å². The van der Waals surface area contributed by atoms with Crippen molar-refractivity contribution in [3.63, 3.8) is 0 Å². The second-order valence-corrected chi connectivity index (χ2v) is 4.33. The number of oxime groups is 1. The molecule has 0 saturated carbocycles. The quantitative estimate of drug-likeness (QED) is 0.336. The summed E-state index contributed by atoms with van der Waals surface area (Å²) in [5.41, 5.74) is 3.69. The Morgan fingerprint density at radius 3 is 2.25 bits per heavy atom. The Bertz CT molecular complexity index is 508. The Hall–Kier alpha value is -2.18. The minimum Gasteiger partial charge on any atom is -0.409 e. The van der Waals surface area contributed by atoms with Crippen LogP contribution in [-0.4, -0.2) is 17.0 Å². The molecule has 20 heavy (non-hydrogen) atoms. The summed E-state index contributed by atoms with van der Waals surface area (Å²) in [6, 6.07) is 3.25. The summed E-state index contributed by atoms with van der Waals surface area (Å²) in [5, 5.41) is 13.8. The maximum absolute atomic E-state index is 13.5. The zero-order valence-corrected chi connectivity index (χ0v) is 11.3. The number of halogens is 2. The number of nitrogens with two attached hydrogens (primary N) is 1. The summed E-state index contributed by atoms with van der Waals surface area (Å²) < 4.78 is 27.0. The van der Waals surface area contributed by atoms with Crippen molar-refractivity contribution in [3.05, 3.63) is 29.8 Å². The normalized spacial score (nSPS) is 12.3. The smallest absolute Gasteiger partial charge is 0.238 e. The van der Waals surface area contributed by atoms with Gasteiger partial charge >= 0.3 is 0 Å². The Labute approximate surface area is 115 Å². The largest absolute Gasteiger partial charge is 0.409 e. The predicted octanol–water partition coefficient (Wildman–Crippen LogP) is 2.46. The van der Waals surface area contributed by atoms with E-state index in [1.165, 1.54) is 6.07 Å². The molecule has 1 rings (SSSR count). The molecule has 0 aliphatic carbocycles. The van der Waals surface area contributed by atoms with Crippen LogP contribution in [0.2, 0.25) is 0 Å². The van der Waals surface area contributed by atoms with Gasteiger partial charge in [0.05, 0.1) is 0 Å². The van der Waals surface area contributed by atoms with E-state index in [1.807, 2.05) is 0 Å². The van der Waals surface area contributed by atoms with Gasteiger partial charge in [0, 0.05) is 0 Å². The molecule has 0 aliphatic rings. The summed E-state index contributed by atoms with van der Waals surface area (Å²) in [7, 11) is 0. The van der Waals surface area contributed by atoms with Crippen LogP contribution < -0.4 is 11.1 Å². The number of hydrogen-bond donors (Lipinski definition) is 3. The number of hydrogen-bond acceptors (Lipinski definition) is 3. The first-order valence-corrected chi connectivity index (χ1v) is 6.16. The summed E-state index contributed by atoms with van der Waals surface area (Å²) in [6.45, 7) is 3.33. The van der Waals surface area contributed by atoms with E-state index in [-0.39, 0.29) is 18.7 Å². The number of nitrogens with one attached hydrogen (secondary N) is 1. The Morgan fingerprint density at radius 1 is 1.35 bits per heavy atom. The summed E-state index contributed by atoms with van der Waals surface area (Å²) >= 11 is 0. The number of anilines is 1. The van der Waals surface area contributed by atoms with Gasteiger partial charge in [0.25, 0.3) is 0 Å². The second kappa shape index (κ2) is 6.31. The Balaban J connectivity index is 3.16. The number of para-hydroxylation sites is 1. The molecule has 7 heteroatoms. The van der Waals surface area contributed by atoms with Gasteiger partial charge in [0.2, 0.25) is 5.91 Å². The molecule has 0 aromatic heterocycles. The van der Waals surface area contributed by atoms with E-state index in [9.17, 15) is 13.6 Å². The first kappa shape index (κ1) is 15.9. The van der Waals surface area contributed by atoms with Crippen molar-refractivity contribution in [1.82, 2.24) is 0 Å². The molecule has 110 valence electrons. The summed E-state index contributed by atoms with van der Waals surface area (Å²) in [5.74, 6) is -2.79. The monoisotopic (exact) mass is 285 g/mol. The van der Waals surface area contributed by atoms with Crippen molar-refractivity contribution >= 4 is 17.4 Å². The zero-order valence-electron chi connectivity index (χ0n) is 11.3. The number of amidine groups is 1. The lowest BCUT2D eigenvalue weighted by Crippen LogP contribution is -2.46. The molecule has 1 aromatic rings. The van der Waals surface area contributed by atoms with Gasteiger partial charge in [-0.25, -0.2) is 8.78 Å². The van der Waals surface area contributed by atoms with Crippen molar-refractivity contribution < 1.29 is 18.8 Å². The molecule has 0 aliphatic heterocycles. The average molecular weight is 285 g/mol. The van der Waals surface area contributed by atoms with Crippen molar-refractivity contribution in [1.29, 1.82) is 0 Å². The lowest BCUT2D eigenvalue weighted by Gasteiger charge is -2.28. The molecule has 0 spiro atoms. The highest BCUT2D eigenvalue weighted by Crippen LogP contribution is 2.30. The number of benzene rings is 1. The highest BCUT2D eigenvalue weighted by atomic mass is 19.1. The third-order valence-corrected chi connectivity index (χ3v) is 3.44. The minimum absolute atomic E-state index is 0.224. The lowest BCUT2D eigenvalue weighted by atomic mass is 9.80. The molecule has 0 unspecified atom stereocenters. The summed E-state index contributed by atoms with van der Waals surface area (Å²) in [6.07, 6.45) is 0.447. The molecular formula is C13H17F2N3O2. The molecule has 0 fully saturated rings. The molecule has 0 heterocycles. The number of amides is 1. The first-order valence-electron chi connectivity index (χ1n) is 6.16. The van der Waals surface area contributed by atoms with E-state index >= 15 is 0 Å². The molecule has 0 saturated heterocycles. The van der Waals surface area contributed by atoms with Gasteiger partial charge in [-0.15, -0.1) is 0 Å². The third kappa shape index (κ3) is 2.71. The van der Waals surface area contributed by atoms with Crippen molar-refractivity contribution in [2.24, 2.45) is 16.3 Å². The SMILES string of the molecule is CCC(CC)(C(=O)Nc1c(F)cccc1F)C(N)=NO. The topological polar surface area (TPSA) is 87.7 Å². The predicted molar refractivity (Wildman–Crippen MR) is 71.4 cm³/mol. The fourth-order valence-electron chi connectivity index (χ4n) is 2.00. The highest BCUT2D eigenvalue weighted by molar-refractivity contribution is 6.11. The fraction of sp³-hybridized carbons (Fsp3) is 0.385. The molecular weight excluding hydrogens is 268 g/mol. The summed E-state index contributed by atoms with van der Waals surface area (Å²) in [4.78, 5) is 12.3. The first-order chi connectivity index (χ1) is 9.42. The van der Waals surface area contributed by atoms with Crippen LogP contribution in [0.4, 0.5) is 14.5 Å². The molecule has 0 bridgehead atoms. The second-order valence-electron chi connectivity index (χ2n) is 4.33. The van der Waals surface area contributed by atoms with Crippen molar-refractivity contribution in [2.75, 3.05) is 5.32 Å². The van der Waals surface area contributed by atoms with Crippen LogP contribution in [0.5, 0.6) is 0 Å². The standard InChI is InChI=1S/C13H17F2N3O2/c1-3-13(4-2,11(16)18-20)12(19)17-10-8(14)6-5-7-9(10)15/h5-7,20H,3-4H2,1-2H3,(H2,16,18)(H,17,19). The van der Waals surface area contributed by atoms with Crippen LogP contribution in [0.1, 0.15) is 26.7 Å². The minimum atomic E-state index is -1.32. The third-order valence-electron chi connectivity index (χ3n) is 3.44. The van der Waals surface area contributed by atoms with E-state index in [2.05, 4.69) is 10.5 Å². The van der Waals surface area contributed by atoms with Crippen LogP contribution >= 0.6 is 0 Å². The van der Waals surface area contributed by atoms with E-state index in [1.54, 1.807) is 13.8 Å². The Kier molecular flexibility index (Phi) is 5.01. The fourth-order valence-corrected chi connectivity index (χ4v) is 2.00. The van der Waals surface area contributed by atoms with Gasteiger partial charge in [-0.1, -0.05) is 25.1 Å². The van der Waals surface area contributed by atoms with Gasteiger partial charge in [-0.3, -0.25) is 4.79 Å². The maximum atomic E-state index is 13.5. The lowest BCUT2D eigenvalue weighted by molar-refractivity contribution is -0.122. The van der Waals surface area contributed by atoms with Crippen LogP contribution in [0.3, 0.4) is 0 Å². The van der Waals surface area contributed by atoms with Crippen LogP contribution in [-0.2, 0) is 4.79 Å². The number of rotatable bonds is 5.